The zero-order chi connectivity index (χ0) is 13.3. The van der Waals surface area contributed by atoms with Gasteiger partial charge in [-0.2, -0.15) is 0 Å². The van der Waals surface area contributed by atoms with E-state index >= 15 is 0 Å². The molecule has 0 unspecified atom stereocenters. The van der Waals surface area contributed by atoms with Gasteiger partial charge in [0, 0.05) is 4.88 Å². The van der Waals surface area contributed by atoms with Gasteiger partial charge in [0.15, 0.2) is 0 Å². The zero-order valence-corrected chi connectivity index (χ0v) is 11.7. The van der Waals surface area contributed by atoms with Gasteiger partial charge in [0.05, 0.1) is 11.4 Å². The quantitative estimate of drug-likeness (QED) is 0.850. The molecule has 18 heavy (non-hydrogen) atoms. The number of hydrogen-bond donors (Lipinski definition) is 2. The first-order valence-corrected chi connectivity index (χ1v) is 7.64. The van der Waals surface area contributed by atoms with Crippen molar-refractivity contribution < 1.29 is 8.42 Å². The Bertz CT molecular complexity index is 675. The minimum atomic E-state index is -3.54. The van der Waals surface area contributed by atoms with Crippen LogP contribution in [-0.2, 0) is 10.0 Å². The molecule has 0 aliphatic rings. The summed E-state index contributed by atoms with van der Waals surface area (Å²) in [5, 5.41) is 0. The fourth-order valence-electron chi connectivity index (χ4n) is 1.51. The monoisotopic (exact) mass is 282 g/mol. The molecule has 4 nitrogen and oxygen atoms in total. The van der Waals surface area contributed by atoms with Gasteiger partial charge in [-0.05, 0) is 43.7 Å². The molecule has 1 aromatic heterocycles. The molecule has 96 valence electrons. The van der Waals surface area contributed by atoms with E-state index in [-0.39, 0.29) is 0 Å². The van der Waals surface area contributed by atoms with Crippen LogP contribution in [0.3, 0.4) is 0 Å². The van der Waals surface area contributed by atoms with Gasteiger partial charge < -0.3 is 5.73 Å². The van der Waals surface area contributed by atoms with Crippen LogP contribution in [0.1, 0.15) is 10.4 Å². The molecule has 2 rings (SSSR count). The number of sulfonamides is 1. The van der Waals surface area contributed by atoms with Crippen LogP contribution in [0.25, 0.3) is 0 Å². The molecule has 6 heteroatoms. The number of anilines is 2. The van der Waals surface area contributed by atoms with E-state index in [4.69, 9.17) is 5.73 Å². The van der Waals surface area contributed by atoms with Crippen molar-refractivity contribution in [3.63, 3.8) is 0 Å². The first-order chi connectivity index (χ1) is 8.38. The van der Waals surface area contributed by atoms with Crippen molar-refractivity contribution in [2.24, 2.45) is 0 Å². The van der Waals surface area contributed by atoms with Gasteiger partial charge in [-0.3, -0.25) is 4.72 Å². The van der Waals surface area contributed by atoms with E-state index in [0.29, 0.717) is 15.6 Å². The lowest BCUT2D eigenvalue weighted by atomic mass is 10.2. The van der Waals surface area contributed by atoms with Crippen molar-refractivity contribution in [3.05, 3.63) is 40.8 Å². The molecule has 0 atom stereocenters. The number of hydrogen-bond acceptors (Lipinski definition) is 4. The maximum absolute atomic E-state index is 12.1. The van der Waals surface area contributed by atoms with Crippen molar-refractivity contribution in [2.45, 2.75) is 18.1 Å². The molecule has 2 aromatic rings. The highest BCUT2D eigenvalue weighted by molar-refractivity contribution is 7.94. The molecule has 1 heterocycles. The number of aryl methyl sites for hydroxylation is 2. The average Bonchev–Trinajstić information content (AvgIpc) is 2.71. The van der Waals surface area contributed by atoms with Crippen LogP contribution in [0, 0.1) is 13.8 Å². The van der Waals surface area contributed by atoms with Crippen LogP contribution >= 0.6 is 11.3 Å². The van der Waals surface area contributed by atoms with Crippen molar-refractivity contribution in [1.29, 1.82) is 0 Å². The van der Waals surface area contributed by atoms with Gasteiger partial charge in [-0.25, -0.2) is 8.42 Å². The summed E-state index contributed by atoms with van der Waals surface area (Å²) in [6.07, 6.45) is 0. The van der Waals surface area contributed by atoms with Crippen molar-refractivity contribution in [1.82, 2.24) is 0 Å². The SMILES string of the molecule is Cc1ccc(N)c(NS(=O)(=O)c2ccc(C)s2)c1. The molecule has 0 saturated heterocycles. The third-order valence-electron chi connectivity index (χ3n) is 2.43. The number of thiophene rings is 1. The average molecular weight is 282 g/mol. The minimum Gasteiger partial charge on any atom is -0.397 e. The molecule has 0 spiro atoms. The second-order valence-corrected chi connectivity index (χ2v) is 7.26. The fourth-order valence-corrected chi connectivity index (χ4v) is 3.87. The Morgan fingerprint density at radius 3 is 2.50 bits per heavy atom. The predicted molar refractivity (Wildman–Crippen MR) is 75.5 cm³/mol. The first kappa shape index (κ1) is 12.9. The fraction of sp³-hybridized carbons (Fsp3) is 0.167. The molecule has 1 aromatic carbocycles. The molecule has 0 aliphatic carbocycles. The summed E-state index contributed by atoms with van der Waals surface area (Å²) < 4.78 is 27.1. The highest BCUT2D eigenvalue weighted by Crippen LogP contribution is 2.26. The normalized spacial score (nSPS) is 11.4. The van der Waals surface area contributed by atoms with Crippen LogP contribution < -0.4 is 10.5 Å². The second kappa shape index (κ2) is 4.62. The number of nitrogens with two attached hydrogens (primary N) is 1. The predicted octanol–water partition coefficient (Wildman–Crippen LogP) is 2.75. The maximum atomic E-state index is 12.1. The first-order valence-electron chi connectivity index (χ1n) is 5.34. The van der Waals surface area contributed by atoms with E-state index in [1.54, 1.807) is 24.3 Å². The smallest absolute Gasteiger partial charge is 0.271 e. The lowest BCUT2D eigenvalue weighted by molar-refractivity contribution is 0.603. The van der Waals surface area contributed by atoms with Crippen molar-refractivity contribution in [2.75, 3.05) is 10.5 Å². The Kier molecular flexibility index (Phi) is 3.32. The standard InChI is InChI=1S/C12H14N2O2S2/c1-8-3-5-10(13)11(7-8)14-18(15,16)12-6-4-9(2)17-12/h3-7,14H,13H2,1-2H3. The number of benzene rings is 1. The summed E-state index contributed by atoms with van der Waals surface area (Å²) in [6.45, 7) is 3.75. The van der Waals surface area contributed by atoms with E-state index in [1.807, 2.05) is 19.9 Å². The molecule has 0 saturated carbocycles. The summed E-state index contributed by atoms with van der Waals surface area (Å²) >= 11 is 1.23. The van der Waals surface area contributed by atoms with Crippen LogP contribution in [0.5, 0.6) is 0 Å². The highest BCUT2D eigenvalue weighted by Gasteiger charge is 2.17. The molecule has 0 bridgehead atoms. The van der Waals surface area contributed by atoms with Gasteiger partial charge in [0.1, 0.15) is 4.21 Å². The minimum absolute atomic E-state index is 0.293. The van der Waals surface area contributed by atoms with Gasteiger partial charge >= 0.3 is 0 Å². The van der Waals surface area contributed by atoms with Crippen molar-refractivity contribution >= 4 is 32.7 Å². The number of rotatable bonds is 3. The molecule has 0 aliphatic heterocycles. The van der Waals surface area contributed by atoms with Gasteiger partial charge in [0.25, 0.3) is 10.0 Å². The lowest BCUT2D eigenvalue weighted by Crippen LogP contribution is -2.12. The van der Waals surface area contributed by atoms with Crippen LogP contribution in [0.4, 0.5) is 11.4 Å². The summed E-state index contributed by atoms with van der Waals surface area (Å²) in [5.74, 6) is 0. The van der Waals surface area contributed by atoms with Gasteiger partial charge in [-0.15, -0.1) is 11.3 Å². The summed E-state index contributed by atoms with van der Waals surface area (Å²) in [6, 6.07) is 8.61. The second-order valence-electron chi connectivity index (χ2n) is 4.06. The maximum Gasteiger partial charge on any atom is 0.271 e. The zero-order valence-electron chi connectivity index (χ0n) is 10.1. The van der Waals surface area contributed by atoms with Crippen molar-refractivity contribution in [3.8, 4) is 0 Å². The number of nitrogens with one attached hydrogen (secondary N) is 1. The van der Waals surface area contributed by atoms with Crippen LogP contribution in [0.15, 0.2) is 34.5 Å². The van der Waals surface area contributed by atoms with Gasteiger partial charge in [0.2, 0.25) is 0 Å². The Morgan fingerprint density at radius 2 is 1.89 bits per heavy atom. The number of nitrogen functional groups attached to an aromatic ring is 1. The molecule has 3 N–H and O–H groups in total. The Balaban J connectivity index is 2.36. The molecule has 0 amide bonds. The van der Waals surface area contributed by atoms with E-state index < -0.39 is 10.0 Å². The third kappa shape index (κ3) is 2.65. The topological polar surface area (TPSA) is 72.2 Å². The molecule has 0 radical (unpaired) electrons. The van der Waals surface area contributed by atoms with Crippen LogP contribution in [-0.4, -0.2) is 8.42 Å². The summed E-state index contributed by atoms with van der Waals surface area (Å²) in [5.41, 5.74) is 7.54. The third-order valence-corrected chi connectivity index (χ3v) is 5.29. The molecular formula is C12H14N2O2S2. The molecule has 0 fully saturated rings. The van der Waals surface area contributed by atoms with Crippen LogP contribution in [0.2, 0.25) is 0 Å². The largest absolute Gasteiger partial charge is 0.397 e. The Morgan fingerprint density at radius 1 is 1.17 bits per heavy atom. The highest BCUT2D eigenvalue weighted by atomic mass is 32.2. The van der Waals surface area contributed by atoms with E-state index in [1.165, 1.54) is 11.3 Å². The van der Waals surface area contributed by atoms with E-state index in [9.17, 15) is 8.42 Å². The lowest BCUT2D eigenvalue weighted by Gasteiger charge is -2.09. The van der Waals surface area contributed by atoms with Gasteiger partial charge in [-0.1, -0.05) is 6.07 Å². The summed E-state index contributed by atoms with van der Waals surface area (Å²) in [7, 11) is -3.54. The Labute approximate surface area is 111 Å². The summed E-state index contributed by atoms with van der Waals surface area (Å²) in [4.78, 5) is 0.951. The van der Waals surface area contributed by atoms with E-state index in [0.717, 1.165) is 10.4 Å². The molecular weight excluding hydrogens is 268 g/mol. The van der Waals surface area contributed by atoms with E-state index in [2.05, 4.69) is 4.72 Å². The Hall–Kier alpha value is -1.53.